The summed E-state index contributed by atoms with van der Waals surface area (Å²) in [6.07, 6.45) is -1.33. The Kier molecular flexibility index (Phi) is 8.57. The first-order valence-electron chi connectivity index (χ1n) is 13.2. The fourth-order valence-electron chi connectivity index (χ4n) is 5.21. The monoisotopic (exact) mass is 592 g/mol. The number of nitrogens with zero attached hydrogens (tertiary/aromatic N) is 5. The molecular formula is C27H28ClF3N6O4. The molecule has 1 amide bonds. The van der Waals surface area contributed by atoms with Gasteiger partial charge in [0.15, 0.2) is 0 Å². The average molecular weight is 593 g/mol. The molecule has 2 aromatic heterocycles. The predicted octanol–water partition coefficient (Wildman–Crippen LogP) is 3.80. The van der Waals surface area contributed by atoms with Crippen molar-refractivity contribution in [3.8, 4) is 0 Å². The fourth-order valence-corrected chi connectivity index (χ4v) is 5.46. The number of fused-ring (bicyclic) bond motifs is 1. The number of nitrogens with one attached hydrogen (secondary N) is 1. The Morgan fingerprint density at radius 1 is 1.07 bits per heavy atom. The summed E-state index contributed by atoms with van der Waals surface area (Å²) in [5.74, 6) is -2.15. The van der Waals surface area contributed by atoms with Gasteiger partial charge in [0.1, 0.15) is 5.82 Å². The minimum absolute atomic E-state index is 0.0737. The molecule has 2 fully saturated rings. The van der Waals surface area contributed by atoms with Crippen molar-refractivity contribution >= 4 is 40.2 Å². The van der Waals surface area contributed by atoms with Gasteiger partial charge >= 0.3 is 12.1 Å². The van der Waals surface area contributed by atoms with Crippen LogP contribution in [0.3, 0.4) is 0 Å². The van der Waals surface area contributed by atoms with E-state index in [1.165, 1.54) is 0 Å². The highest BCUT2D eigenvalue weighted by Crippen LogP contribution is 2.30. The molecule has 0 aliphatic carbocycles. The van der Waals surface area contributed by atoms with Crippen molar-refractivity contribution in [3.05, 3.63) is 58.6 Å². The number of carboxylic acids is 1. The van der Waals surface area contributed by atoms with Crippen molar-refractivity contribution < 1.29 is 32.6 Å². The number of carboxylic acid groups (broad SMARTS) is 1. The van der Waals surface area contributed by atoms with Gasteiger partial charge in [0.05, 0.1) is 41.3 Å². The number of hydrogen-bond donors (Lipinski definition) is 2. The van der Waals surface area contributed by atoms with Gasteiger partial charge < -0.3 is 20.1 Å². The van der Waals surface area contributed by atoms with E-state index in [0.717, 1.165) is 12.4 Å². The van der Waals surface area contributed by atoms with Gasteiger partial charge in [-0.05, 0) is 37.1 Å². The predicted molar refractivity (Wildman–Crippen MR) is 144 cm³/mol. The van der Waals surface area contributed by atoms with Crippen LogP contribution in [0, 0.1) is 5.92 Å². The summed E-state index contributed by atoms with van der Waals surface area (Å²) in [6, 6.07) is 6.38. The topological polar surface area (TPSA) is 121 Å². The summed E-state index contributed by atoms with van der Waals surface area (Å²) < 4.78 is 44.4. The number of morpholine rings is 1. The molecule has 218 valence electrons. The highest BCUT2D eigenvalue weighted by Gasteiger charge is 2.35. The lowest BCUT2D eigenvalue weighted by atomic mass is 9.97. The number of aliphatic carboxylic acids is 1. The van der Waals surface area contributed by atoms with Crippen molar-refractivity contribution in [2.75, 3.05) is 50.8 Å². The molecule has 2 aliphatic heterocycles. The lowest BCUT2D eigenvalue weighted by Gasteiger charge is -2.34. The number of hydrogen-bond acceptors (Lipinski definition) is 8. The number of alkyl halides is 3. The number of anilines is 1. The van der Waals surface area contributed by atoms with Gasteiger partial charge in [-0.1, -0.05) is 11.6 Å². The molecule has 4 heterocycles. The van der Waals surface area contributed by atoms with Gasteiger partial charge in [-0.2, -0.15) is 13.2 Å². The molecule has 2 aliphatic rings. The van der Waals surface area contributed by atoms with Crippen LogP contribution in [0.5, 0.6) is 0 Å². The van der Waals surface area contributed by atoms with E-state index >= 15 is 0 Å². The Balaban J connectivity index is 1.35. The Morgan fingerprint density at radius 2 is 1.76 bits per heavy atom. The maximum atomic E-state index is 13.5. The van der Waals surface area contributed by atoms with Crippen LogP contribution in [0.25, 0.3) is 10.9 Å². The minimum atomic E-state index is -4.66. The number of rotatable bonds is 7. The normalized spacial score (nSPS) is 17.9. The zero-order valence-corrected chi connectivity index (χ0v) is 22.7. The van der Waals surface area contributed by atoms with E-state index in [1.807, 2.05) is 9.80 Å². The van der Waals surface area contributed by atoms with E-state index < -0.39 is 29.9 Å². The molecule has 5 rings (SSSR count). The molecule has 0 bridgehead atoms. The molecular weight excluding hydrogens is 565 g/mol. The summed E-state index contributed by atoms with van der Waals surface area (Å²) in [5, 5.41) is 12.9. The summed E-state index contributed by atoms with van der Waals surface area (Å²) in [4.78, 5) is 40.5. The molecule has 3 aromatic rings. The Morgan fingerprint density at radius 3 is 2.39 bits per heavy atom. The minimum Gasteiger partial charge on any atom is -0.481 e. The van der Waals surface area contributed by atoms with Crippen LogP contribution in [0.15, 0.2) is 36.7 Å². The molecule has 0 saturated carbocycles. The second-order valence-electron chi connectivity index (χ2n) is 9.97. The Labute approximate surface area is 238 Å². The summed E-state index contributed by atoms with van der Waals surface area (Å²) >= 11 is 6.47. The molecule has 1 aromatic carbocycles. The van der Waals surface area contributed by atoms with E-state index in [4.69, 9.17) is 21.3 Å². The zero-order chi connectivity index (χ0) is 29.1. The van der Waals surface area contributed by atoms with Crippen molar-refractivity contribution in [3.63, 3.8) is 0 Å². The molecule has 0 spiro atoms. The van der Waals surface area contributed by atoms with Crippen LogP contribution < -0.4 is 10.2 Å². The number of pyridine rings is 1. The van der Waals surface area contributed by atoms with Crippen molar-refractivity contribution in [2.24, 2.45) is 5.92 Å². The van der Waals surface area contributed by atoms with E-state index in [0.29, 0.717) is 74.5 Å². The molecule has 1 atom stereocenters. The summed E-state index contributed by atoms with van der Waals surface area (Å²) in [5.41, 5.74) is 1.22. The average Bonchev–Trinajstić information content (AvgIpc) is 2.97. The number of halogens is 4. The van der Waals surface area contributed by atoms with Crippen molar-refractivity contribution in [1.29, 1.82) is 0 Å². The second kappa shape index (κ2) is 12.1. The fraction of sp³-hybridized carbons (Fsp3) is 0.444. The Bertz CT molecular complexity index is 1410. The number of carbonyl (C=O) groups is 2. The number of amides is 1. The van der Waals surface area contributed by atoms with Gasteiger partial charge in [-0.3, -0.25) is 14.5 Å². The van der Waals surface area contributed by atoms with Crippen LogP contribution in [0.1, 0.15) is 40.6 Å². The van der Waals surface area contributed by atoms with Gasteiger partial charge in [-0.25, -0.2) is 15.0 Å². The van der Waals surface area contributed by atoms with Crippen LogP contribution in [0.2, 0.25) is 5.02 Å². The van der Waals surface area contributed by atoms with Crippen molar-refractivity contribution in [2.45, 2.75) is 25.1 Å². The lowest BCUT2D eigenvalue weighted by Crippen LogP contribution is -2.44. The van der Waals surface area contributed by atoms with Gasteiger partial charge in [0.2, 0.25) is 5.82 Å². The SMILES string of the molecule is O=C(NCC(c1cnc(C(F)(F)F)nc1)N1CCOCC1)c1c(Cl)ccc2nc(N3CCC(C(=O)O)CC3)ccc12. The summed E-state index contributed by atoms with van der Waals surface area (Å²) in [6.45, 7) is 3.14. The molecule has 2 saturated heterocycles. The number of benzene rings is 1. The van der Waals surface area contributed by atoms with E-state index in [1.54, 1.807) is 24.3 Å². The summed E-state index contributed by atoms with van der Waals surface area (Å²) in [7, 11) is 0. The first kappa shape index (κ1) is 29.0. The third-order valence-corrected chi connectivity index (χ3v) is 7.77. The molecule has 0 radical (unpaired) electrons. The molecule has 10 nitrogen and oxygen atoms in total. The maximum Gasteiger partial charge on any atom is 0.451 e. The van der Waals surface area contributed by atoms with Crippen LogP contribution in [0.4, 0.5) is 19.0 Å². The van der Waals surface area contributed by atoms with E-state index in [9.17, 15) is 27.9 Å². The molecule has 2 N–H and O–H groups in total. The van der Waals surface area contributed by atoms with E-state index in [-0.39, 0.29) is 23.0 Å². The highest BCUT2D eigenvalue weighted by atomic mass is 35.5. The third kappa shape index (κ3) is 6.52. The second-order valence-corrected chi connectivity index (χ2v) is 10.4. The van der Waals surface area contributed by atoms with Crippen molar-refractivity contribution in [1.82, 2.24) is 25.2 Å². The van der Waals surface area contributed by atoms with Crippen LogP contribution in [-0.4, -0.2) is 82.8 Å². The number of piperidine rings is 1. The standard InChI is InChI=1S/C27H28ClF3N6O4/c28-19-2-3-20-18(1-4-22(35-20)37-7-5-16(6-8-37)25(39)40)23(19)24(38)32-15-21(36-9-11-41-12-10-36)17-13-33-26(34-14-17)27(29,30)31/h1-4,13-14,16,21H,5-12,15H2,(H,32,38)(H,39,40). The number of aromatic nitrogens is 3. The van der Waals surface area contributed by atoms with Gasteiger partial charge in [0.25, 0.3) is 5.91 Å². The van der Waals surface area contributed by atoms with E-state index in [2.05, 4.69) is 15.3 Å². The molecule has 14 heteroatoms. The molecule has 1 unspecified atom stereocenters. The third-order valence-electron chi connectivity index (χ3n) is 7.45. The number of ether oxygens (including phenoxy) is 1. The smallest absolute Gasteiger partial charge is 0.451 e. The van der Waals surface area contributed by atoms with Crippen LogP contribution in [-0.2, 0) is 15.7 Å². The quantitative estimate of drug-likeness (QED) is 0.422. The number of carbonyl (C=O) groups excluding carboxylic acids is 1. The molecule has 41 heavy (non-hydrogen) atoms. The first-order valence-corrected chi connectivity index (χ1v) is 13.6. The largest absolute Gasteiger partial charge is 0.481 e. The Hall–Kier alpha value is -3.55. The van der Waals surface area contributed by atoms with Gasteiger partial charge in [-0.15, -0.1) is 0 Å². The zero-order valence-electron chi connectivity index (χ0n) is 21.9. The van der Waals surface area contributed by atoms with Crippen LogP contribution >= 0.6 is 11.6 Å². The first-order chi connectivity index (χ1) is 19.6. The van der Waals surface area contributed by atoms with Gasteiger partial charge in [0, 0.05) is 56.1 Å². The highest BCUT2D eigenvalue weighted by molar-refractivity contribution is 6.35. The maximum absolute atomic E-state index is 13.5. The lowest BCUT2D eigenvalue weighted by molar-refractivity contribution is -0.145.